The van der Waals surface area contributed by atoms with Crippen molar-refractivity contribution in [3.05, 3.63) is 59.5 Å². The molecule has 0 amide bonds. The highest BCUT2D eigenvalue weighted by atomic mass is 32.2. The van der Waals surface area contributed by atoms with Gasteiger partial charge in [-0.3, -0.25) is 9.56 Å². The number of carbonyl (C=O) groups is 1. The highest BCUT2D eigenvalue weighted by Crippen LogP contribution is 2.29. The number of benzene rings is 2. The third-order valence-electron chi connectivity index (χ3n) is 4.35. The molecule has 2 aromatic carbocycles. The maximum absolute atomic E-state index is 12.9. The van der Waals surface area contributed by atoms with Crippen molar-refractivity contribution in [1.29, 1.82) is 0 Å². The molecule has 0 saturated heterocycles. The molecule has 0 radical (unpaired) electrons. The molecule has 0 saturated carbocycles. The first-order valence-electron chi connectivity index (χ1n) is 8.77. The molecule has 1 aliphatic heterocycles. The van der Waals surface area contributed by atoms with Gasteiger partial charge in [0.15, 0.2) is 5.13 Å². The van der Waals surface area contributed by atoms with Crippen molar-refractivity contribution in [3.63, 3.8) is 0 Å². The van der Waals surface area contributed by atoms with Crippen LogP contribution in [0.4, 0.5) is 10.8 Å². The molecule has 4 rings (SSSR count). The highest BCUT2D eigenvalue weighted by Gasteiger charge is 2.52. The first-order chi connectivity index (χ1) is 14.4. The van der Waals surface area contributed by atoms with E-state index in [1.807, 2.05) is 19.1 Å². The van der Waals surface area contributed by atoms with Gasteiger partial charge in [-0.1, -0.05) is 17.7 Å². The largest absolute Gasteiger partial charge is 0.497 e. The Kier molecular flexibility index (Phi) is 5.22. The summed E-state index contributed by atoms with van der Waals surface area (Å²) >= 11 is 1.11. The van der Waals surface area contributed by atoms with Crippen LogP contribution in [0.2, 0.25) is 0 Å². The van der Waals surface area contributed by atoms with E-state index in [0.717, 1.165) is 27.2 Å². The molecule has 154 valence electrons. The second-order valence-corrected chi connectivity index (χ2v) is 9.04. The molecular weight excluding hydrogens is 428 g/mol. The number of rotatable bonds is 6. The second-order valence-electron chi connectivity index (χ2n) is 6.44. The van der Waals surface area contributed by atoms with E-state index in [1.165, 1.54) is 0 Å². The van der Waals surface area contributed by atoms with Crippen LogP contribution in [0, 0.1) is 6.92 Å². The van der Waals surface area contributed by atoms with Crippen LogP contribution in [-0.2, 0) is 19.7 Å². The van der Waals surface area contributed by atoms with E-state index in [4.69, 9.17) is 4.74 Å². The van der Waals surface area contributed by atoms with Gasteiger partial charge in [0, 0.05) is 23.1 Å². The summed E-state index contributed by atoms with van der Waals surface area (Å²) in [5.74, 6) is -0.287. The molecule has 1 aliphatic rings. The fraction of sp³-hybridized carbons (Fsp3) is 0.158. The SMILES string of the molecule is COc1ccc(-c2csc(NS(=O)(=O)C3C(=O)ON=[N+]3c3ccc(C)cc3)n2)cc1. The Morgan fingerprint density at radius 1 is 1.13 bits per heavy atom. The first-order valence-corrected chi connectivity index (χ1v) is 11.2. The minimum Gasteiger partial charge on any atom is -0.497 e. The summed E-state index contributed by atoms with van der Waals surface area (Å²) in [6, 6.07) is 14.1. The number of hydrogen-bond acceptors (Lipinski definition) is 8. The molecular formula is C19H17N4O5S2+. The van der Waals surface area contributed by atoms with Crippen LogP contribution in [0.15, 0.2) is 59.2 Å². The number of thiazole rings is 1. The maximum atomic E-state index is 12.9. The van der Waals surface area contributed by atoms with Gasteiger partial charge in [-0.2, -0.15) is 8.42 Å². The van der Waals surface area contributed by atoms with Gasteiger partial charge in [0.25, 0.3) is 0 Å². The molecule has 1 atom stereocenters. The first kappa shape index (κ1) is 20.0. The number of hydrogen-bond donors (Lipinski definition) is 1. The summed E-state index contributed by atoms with van der Waals surface area (Å²) in [5.41, 5.74) is 2.79. The lowest BCUT2D eigenvalue weighted by Gasteiger charge is -2.06. The second kappa shape index (κ2) is 7.84. The van der Waals surface area contributed by atoms with Crippen LogP contribution in [0.1, 0.15) is 5.56 Å². The summed E-state index contributed by atoms with van der Waals surface area (Å²) in [7, 11) is -2.64. The maximum Gasteiger partial charge on any atom is 0.429 e. The van der Waals surface area contributed by atoms with Crippen molar-refractivity contribution < 1.29 is 27.5 Å². The lowest BCUT2D eigenvalue weighted by Crippen LogP contribution is -2.38. The fourth-order valence-electron chi connectivity index (χ4n) is 2.80. The lowest BCUT2D eigenvalue weighted by atomic mass is 10.2. The Hall–Kier alpha value is -3.31. The van der Waals surface area contributed by atoms with Gasteiger partial charge in [0.1, 0.15) is 5.75 Å². The van der Waals surface area contributed by atoms with Gasteiger partial charge >= 0.3 is 21.4 Å². The molecule has 0 aliphatic carbocycles. The quantitative estimate of drug-likeness (QED) is 0.582. The van der Waals surface area contributed by atoms with Gasteiger partial charge in [-0.25, -0.2) is 9.78 Å². The average molecular weight is 446 g/mol. The fourth-order valence-corrected chi connectivity index (χ4v) is 5.03. The summed E-state index contributed by atoms with van der Waals surface area (Å²) < 4.78 is 34.4. The molecule has 1 unspecified atom stereocenters. The van der Waals surface area contributed by atoms with E-state index in [2.05, 4.69) is 19.8 Å². The number of nitrogens with zero attached hydrogens (tertiary/aromatic N) is 3. The van der Waals surface area contributed by atoms with E-state index >= 15 is 0 Å². The van der Waals surface area contributed by atoms with E-state index in [9.17, 15) is 13.2 Å². The van der Waals surface area contributed by atoms with Crippen LogP contribution in [0.25, 0.3) is 11.3 Å². The zero-order valence-electron chi connectivity index (χ0n) is 16.0. The molecule has 9 nitrogen and oxygen atoms in total. The monoisotopic (exact) mass is 445 g/mol. The normalized spacial score (nSPS) is 16.1. The molecule has 30 heavy (non-hydrogen) atoms. The van der Waals surface area contributed by atoms with E-state index in [0.29, 0.717) is 17.1 Å². The predicted octanol–water partition coefficient (Wildman–Crippen LogP) is 3.46. The van der Waals surface area contributed by atoms with Crippen molar-refractivity contribution >= 4 is 38.1 Å². The van der Waals surface area contributed by atoms with E-state index < -0.39 is 21.4 Å². The minimum atomic E-state index is -4.21. The molecule has 11 heteroatoms. The molecule has 0 fully saturated rings. The van der Waals surface area contributed by atoms with Crippen molar-refractivity contribution in [2.24, 2.45) is 5.28 Å². The number of aryl methyl sites for hydroxylation is 1. The van der Waals surface area contributed by atoms with Crippen molar-refractivity contribution in [3.8, 4) is 17.0 Å². The summed E-state index contributed by atoms with van der Waals surface area (Å²) in [6.07, 6.45) is 0. The van der Waals surface area contributed by atoms with Gasteiger partial charge in [-0.05, 0) is 35.9 Å². The van der Waals surface area contributed by atoms with Crippen LogP contribution < -0.4 is 9.46 Å². The molecule has 0 spiro atoms. The number of aromatic nitrogens is 1. The number of sulfonamides is 1. The minimum absolute atomic E-state index is 0.129. The molecule has 3 aromatic rings. The van der Waals surface area contributed by atoms with Crippen LogP contribution >= 0.6 is 11.3 Å². The Balaban J connectivity index is 1.57. The Morgan fingerprint density at radius 3 is 2.50 bits per heavy atom. The topological polar surface area (TPSA) is 110 Å². The van der Waals surface area contributed by atoms with Crippen molar-refractivity contribution in [1.82, 2.24) is 4.98 Å². The average Bonchev–Trinajstić information content (AvgIpc) is 3.35. The number of anilines is 1. The molecule has 0 bridgehead atoms. The lowest BCUT2D eigenvalue weighted by molar-refractivity contribution is -0.518. The number of carbonyl (C=O) groups excluding carboxylic acids is 1. The summed E-state index contributed by atoms with van der Waals surface area (Å²) in [5, 5.41) is 3.80. The Labute approximate surface area is 176 Å². The molecule has 1 N–H and O–H groups in total. The summed E-state index contributed by atoms with van der Waals surface area (Å²) in [6.45, 7) is 1.89. The van der Waals surface area contributed by atoms with Gasteiger partial charge < -0.3 is 4.74 Å². The highest BCUT2D eigenvalue weighted by molar-refractivity contribution is 7.94. The molecule has 1 aromatic heterocycles. The number of ether oxygens (including phenoxy) is 1. The Morgan fingerprint density at radius 2 is 1.83 bits per heavy atom. The van der Waals surface area contributed by atoms with Gasteiger partial charge in [0.2, 0.25) is 11.0 Å². The van der Waals surface area contributed by atoms with Crippen LogP contribution in [0.5, 0.6) is 5.75 Å². The third-order valence-corrected chi connectivity index (χ3v) is 6.70. The van der Waals surface area contributed by atoms with Crippen LogP contribution in [-0.4, -0.2) is 36.6 Å². The van der Waals surface area contributed by atoms with E-state index in [1.54, 1.807) is 48.9 Å². The Bertz CT molecular complexity index is 1220. The van der Waals surface area contributed by atoms with Crippen molar-refractivity contribution in [2.45, 2.75) is 12.3 Å². The zero-order valence-corrected chi connectivity index (χ0v) is 17.6. The number of nitrogens with one attached hydrogen (secondary N) is 1. The van der Waals surface area contributed by atoms with E-state index in [-0.39, 0.29) is 5.13 Å². The third kappa shape index (κ3) is 3.89. The number of methoxy groups -OCH3 is 1. The zero-order chi connectivity index (χ0) is 21.3. The van der Waals surface area contributed by atoms with Gasteiger partial charge in [0.05, 0.1) is 12.8 Å². The van der Waals surface area contributed by atoms with Crippen molar-refractivity contribution in [2.75, 3.05) is 11.8 Å². The van der Waals surface area contributed by atoms with Gasteiger partial charge in [-0.15, -0.1) is 11.3 Å². The predicted molar refractivity (Wildman–Crippen MR) is 110 cm³/mol. The van der Waals surface area contributed by atoms with Crippen LogP contribution in [0.3, 0.4) is 0 Å². The smallest absolute Gasteiger partial charge is 0.429 e. The standard InChI is InChI=1S/C19H17N4O5S2/c1-12-3-7-14(8-4-12)23-17(18(24)28-22-23)30(25,26)21-19-20-16(11-29-19)13-5-9-15(27-2)10-6-13/h3-11,17H,1-2H3,(H,20,21)/q+1. The molecule has 2 heterocycles. The summed E-state index contributed by atoms with van der Waals surface area (Å²) in [4.78, 5) is 21.1.